The molecule has 0 aromatic heterocycles. The van der Waals surface area contributed by atoms with Crippen LogP contribution in [0.4, 0.5) is 18.9 Å². The number of halogens is 4. The minimum atomic E-state index is -4.67. The molecule has 1 heterocycles. The van der Waals surface area contributed by atoms with Crippen LogP contribution in [0.15, 0.2) is 72.3 Å². The largest absolute Gasteiger partial charge is 0.507 e. The van der Waals surface area contributed by atoms with Gasteiger partial charge < -0.3 is 14.6 Å². The smallest absolute Gasteiger partial charge is 0.416 e. The molecule has 1 fully saturated rings. The Hall–Kier alpha value is -3.98. The number of hydrogen-bond donors (Lipinski definition) is 1. The summed E-state index contributed by atoms with van der Waals surface area (Å²) in [5.74, 6) is -1.92. The zero-order valence-corrected chi connectivity index (χ0v) is 20.4. The summed E-state index contributed by atoms with van der Waals surface area (Å²) < 4.78 is 50.9. The quantitative estimate of drug-likeness (QED) is 0.226. The number of alkyl halides is 3. The fourth-order valence-electron chi connectivity index (χ4n) is 4.10. The molecule has 1 amide bonds. The number of aliphatic hydroxyl groups is 1. The second-order valence-electron chi connectivity index (χ2n) is 8.07. The van der Waals surface area contributed by atoms with Gasteiger partial charge >= 0.3 is 6.18 Å². The van der Waals surface area contributed by atoms with Crippen molar-refractivity contribution in [3.63, 3.8) is 0 Å². The van der Waals surface area contributed by atoms with E-state index in [0.29, 0.717) is 11.3 Å². The molecule has 37 heavy (non-hydrogen) atoms. The zero-order chi connectivity index (χ0) is 26.9. The maximum atomic E-state index is 13.4. The zero-order valence-electron chi connectivity index (χ0n) is 19.7. The van der Waals surface area contributed by atoms with E-state index >= 15 is 0 Å². The minimum absolute atomic E-state index is 0.147. The lowest BCUT2D eigenvalue weighted by Gasteiger charge is -2.26. The highest BCUT2D eigenvalue weighted by Crippen LogP contribution is 2.44. The fourth-order valence-corrected chi connectivity index (χ4v) is 4.28. The highest BCUT2D eigenvalue weighted by Gasteiger charge is 2.47. The van der Waals surface area contributed by atoms with Gasteiger partial charge in [0.15, 0.2) is 0 Å². The second-order valence-corrected chi connectivity index (χ2v) is 8.48. The molecule has 0 spiro atoms. The Morgan fingerprint density at radius 2 is 1.76 bits per heavy atom. The van der Waals surface area contributed by atoms with Crippen LogP contribution in [0.2, 0.25) is 5.02 Å². The standard InChI is InChI=1S/C27H21ClF3NO5/c1-3-37-21-13-16(9-12-20(21)28)24(33)22-23(15-7-10-19(36-2)11-8-15)32(26(35)25(22)34)18-6-4-5-17(14-18)27(29,30)31/h4-14,23,33H,3H2,1-2H3/b24-22+. The van der Waals surface area contributed by atoms with Gasteiger partial charge in [-0.05, 0) is 61.0 Å². The molecule has 0 bridgehead atoms. The molecule has 0 radical (unpaired) electrons. The first kappa shape index (κ1) is 26.1. The average molecular weight is 532 g/mol. The molecule has 1 unspecified atom stereocenters. The Bertz CT molecular complexity index is 1390. The van der Waals surface area contributed by atoms with Gasteiger partial charge in [-0.15, -0.1) is 0 Å². The van der Waals surface area contributed by atoms with Gasteiger partial charge in [0.2, 0.25) is 0 Å². The molecule has 4 rings (SSSR count). The summed E-state index contributed by atoms with van der Waals surface area (Å²) in [5.41, 5.74) is -0.911. The van der Waals surface area contributed by atoms with Gasteiger partial charge in [0.1, 0.15) is 17.3 Å². The summed E-state index contributed by atoms with van der Waals surface area (Å²) in [4.78, 5) is 27.4. The molecule has 1 saturated heterocycles. The highest BCUT2D eigenvalue weighted by atomic mass is 35.5. The number of amides is 1. The number of nitrogens with zero attached hydrogens (tertiary/aromatic N) is 1. The van der Waals surface area contributed by atoms with Gasteiger partial charge in [0.25, 0.3) is 11.7 Å². The third-order valence-corrected chi connectivity index (χ3v) is 6.14. The number of anilines is 1. The van der Waals surface area contributed by atoms with Crippen molar-refractivity contribution < 1.29 is 37.3 Å². The van der Waals surface area contributed by atoms with E-state index in [1.54, 1.807) is 31.2 Å². The van der Waals surface area contributed by atoms with E-state index in [9.17, 15) is 27.9 Å². The van der Waals surface area contributed by atoms with Crippen molar-refractivity contribution >= 4 is 34.7 Å². The van der Waals surface area contributed by atoms with Crippen LogP contribution in [-0.2, 0) is 15.8 Å². The number of carbonyl (C=O) groups is 2. The van der Waals surface area contributed by atoms with Crippen molar-refractivity contribution in [3.05, 3.63) is 94.0 Å². The second kappa shape index (κ2) is 10.2. The maximum Gasteiger partial charge on any atom is 0.416 e. The van der Waals surface area contributed by atoms with E-state index in [2.05, 4.69) is 0 Å². The molecule has 10 heteroatoms. The summed E-state index contributed by atoms with van der Waals surface area (Å²) in [5, 5.41) is 11.5. The van der Waals surface area contributed by atoms with E-state index in [-0.39, 0.29) is 34.2 Å². The summed E-state index contributed by atoms with van der Waals surface area (Å²) in [7, 11) is 1.46. The Balaban J connectivity index is 1.94. The van der Waals surface area contributed by atoms with Crippen molar-refractivity contribution in [2.24, 2.45) is 0 Å². The van der Waals surface area contributed by atoms with Crippen LogP contribution in [-0.4, -0.2) is 30.5 Å². The minimum Gasteiger partial charge on any atom is -0.507 e. The van der Waals surface area contributed by atoms with Gasteiger partial charge in [-0.3, -0.25) is 14.5 Å². The number of Topliss-reactive ketones (excluding diaryl/α,β-unsaturated/α-hetero) is 1. The Morgan fingerprint density at radius 1 is 1.05 bits per heavy atom. The number of hydrogen-bond acceptors (Lipinski definition) is 5. The Morgan fingerprint density at radius 3 is 2.38 bits per heavy atom. The molecule has 1 aliphatic heterocycles. The third-order valence-electron chi connectivity index (χ3n) is 5.83. The molecule has 1 N–H and O–H groups in total. The third kappa shape index (κ3) is 4.99. The van der Waals surface area contributed by atoms with Crippen molar-refractivity contribution in [3.8, 4) is 11.5 Å². The molecule has 0 saturated carbocycles. The van der Waals surface area contributed by atoms with Gasteiger partial charge in [-0.2, -0.15) is 13.2 Å². The topological polar surface area (TPSA) is 76.1 Å². The van der Waals surface area contributed by atoms with Crippen LogP contribution < -0.4 is 14.4 Å². The van der Waals surface area contributed by atoms with Crippen molar-refractivity contribution in [1.29, 1.82) is 0 Å². The number of carbonyl (C=O) groups excluding carboxylic acids is 2. The van der Waals surface area contributed by atoms with Crippen molar-refractivity contribution in [1.82, 2.24) is 0 Å². The fraction of sp³-hybridized carbons (Fsp3) is 0.185. The maximum absolute atomic E-state index is 13.4. The van der Waals surface area contributed by atoms with E-state index in [1.807, 2.05) is 0 Å². The number of ketones is 1. The summed E-state index contributed by atoms with van der Waals surface area (Å²) in [6.07, 6.45) is -4.67. The SMILES string of the molecule is CCOc1cc(/C(O)=C2\C(=O)C(=O)N(c3cccc(C(F)(F)F)c3)C2c2ccc(OC)cc2)ccc1Cl. The summed E-state index contributed by atoms with van der Waals surface area (Å²) in [6, 6.07) is 13.5. The average Bonchev–Trinajstić information content (AvgIpc) is 3.15. The van der Waals surface area contributed by atoms with E-state index in [0.717, 1.165) is 23.1 Å². The number of ether oxygens (including phenoxy) is 2. The Kier molecular flexibility index (Phi) is 7.18. The van der Waals surface area contributed by atoms with E-state index in [4.69, 9.17) is 21.1 Å². The molecular formula is C27H21ClF3NO5. The number of benzene rings is 3. The number of rotatable bonds is 6. The summed E-state index contributed by atoms with van der Waals surface area (Å²) in [6.45, 7) is 2.03. The van der Waals surface area contributed by atoms with Crippen LogP contribution in [0.3, 0.4) is 0 Å². The lowest BCUT2D eigenvalue weighted by Crippen LogP contribution is -2.29. The predicted octanol–water partition coefficient (Wildman–Crippen LogP) is 6.39. The normalized spacial score (nSPS) is 17.2. The van der Waals surface area contributed by atoms with Crippen molar-refractivity contribution in [2.75, 3.05) is 18.6 Å². The molecule has 6 nitrogen and oxygen atoms in total. The Labute approximate surface area is 215 Å². The highest BCUT2D eigenvalue weighted by molar-refractivity contribution is 6.51. The molecule has 0 aliphatic carbocycles. The van der Waals surface area contributed by atoms with Gasteiger partial charge in [0.05, 0.1) is 35.9 Å². The van der Waals surface area contributed by atoms with Crippen molar-refractivity contribution in [2.45, 2.75) is 19.1 Å². The molecule has 192 valence electrons. The molecule has 1 atom stereocenters. The molecule has 3 aromatic rings. The van der Waals surface area contributed by atoms with Crippen LogP contribution >= 0.6 is 11.6 Å². The first-order valence-corrected chi connectivity index (χ1v) is 11.5. The molecular weight excluding hydrogens is 511 g/mol. The number of aliphatic hydroxyl groups excluding tert-OH is 1. The van der Waals surface area contributed by atoms with Crippen LogP contribution in [0.25, 0.3) is 5.76 Å². The monoisotopic (exact) mass is 531 g/mol. The predicted molar refractivity (Wildman–Crippen MR) is 132 cm³/mol. The first-order chi connectivity index (χ1) is 17.6. The van der Waals surface area contributed by atoms with Gasteiger partial charge in [-0.1, -0.05) is 29.8 Å². The summed E-state index contributed by atoms with van der Waals surface area (Å²) >= 11 is 6.14. The van der Waals surface area contributed by atoms with E-state index in [1.165, 1.54) is 31.4 Å². The van der Waals surface area contributed by atoms with Crippen LogP contribution in [0, 0.1) is 0 Å². The van der Waals surface area contributed by atoms with Gasteiger partial charge in [0, 0.05) is 11.3 Å². The molecule has 3 aromatic carbocycles. The van der Waals surface area contributed by atoms with E-state index < -0.39 is 35.2 Å². The lowest BCUT2D eigenvalue weighted by atomic mass is 9.95. The first-order valence-electron chi connectivity index (χ1n) is 11.1. The number of methoxy groups -OCH3 is 1. The van der Waals surface area contributed by atoms with Crippen LogP contribution in [0.1, 0.15) is 29.7 Å². The van der Waals surface area contributed by atoms with Gasteiger partial charge in [-0.25, -0.2) is 0 Å². The lowest BCUT2D eigenvalue weighted by molar-refractivity contribution is -0.137. The van der Waals surface area contributed by atoms with Crippen LogP contribution in [0.5, 0.6) is 11.5 Å². The molecule has 1 aliphatic rings.